The molecule has 0 saturated carbocycles. The van der Waals surface area contributed by atoms with Gasteiger partial charge in [0.15, 0.2) is 0 Å². The van der Waals surface area contributed by atoms with Crippen LogP contribution in [0.4, 0.5) is 10.1 Å². The molecule has 3 aromatic rings. The van der Waals surface area contributed by atoms with Crippen LogP contribution in [0.5, 0.6) is 0 Å². The van der Waals surface area contributed by atoms with Crippen molar-refractivity contribution in [1.29, 1.82) is 0 Å². The van der Waals surface area contributed by atoms with Crippen molar-refractivity contribution in [1.82, 2.24) is 19.1 Å². The van der Waals surface area contributed by atoms with Gasteiger partial charge in [-0.1, -0.05) is 36.4 Å². The van der Waals surface area contributed by atoms with Gasteiger partial charge in [-0.2, -0.15) is 4.31 Å². The second-order valence-electron chi connectivity index (χ2n) is 9.83. The minimum absolute atomic E-state index is 0.0557. The fourth-order valence-corrected chi connectivity index (χ4v) is 7.71. The lowest BCUT2D eigenvalue weighted by Gasteiger charge is -2.39. The summed E-state index contributed by atoms with van der Waals surface area (Å²) >= 11 is 0. The smallest absolute Gasteiger partial charge is 0.326 e. The van der Waals surface area contributed by atoms with Gasteiger partial charge in [-0.25, -0.2) is 17.6 Å². The molecule has 5 rings (SSSR count). The summed E-state index contributed by atoms with van der Waals surface area (Å²) in [6.07, 6.45) is 5.35. The zero-order valence-electron chi connectivity index (χ0n) is 20.5. The molecule has 0 radical (unpaired) electrons. The summed E-state index contributed by atoms with van der Waals surface area (Å²) in [5, 5.41) is 16.8. The fourth-order valence-electron chi connectivity index (χ4n) is 5.52. The number of halogens is 1. The first kappa shape index (κ1) is 25.3. The Morgan fingerprint density at radius 3 is 2.49 bits per heavy atom. The second-order valence-corrected chi connectivity index (χ2v) is 11.9. The van der Waals surface area contributed by atoms with Crippen molar-refractivity contribution in [2.45, 2.75) is 62.5 Å². The highest BCUT2D eigenvalue weighted by Gasteiger charge is 2.41. The molecule has 2 aliphatic heterocycles. The quantitative estimate of drug-likeness (QED) is 0.520. The van der Waals surface area contributed by atoms with Crippen molar-refractivity contribution in [3.05, 3.63) is 78.1 Å². The van der Waals surface area contributed by atoms with Crippen LogP contribution in [0.2, 0.25) is 0 Å². The van der Waals surface area contributed by atoms with E-state index in [0.717, 1.165) is 5.56 Å². The maximum atomic E-state index is 15.4. The molecule has 2 aromatic carbocycles. The summed E-state index contributed by atoms with van der Waals surface area (Å²) in [5.41, 5.74) is 1.47. The highest BCUT2D eigenvalue weighted by Crippen LogP contribution is 2.39. The van der Waals surface area contributed by atoms with Crippen molar-refractivity contribution in [2.24, 2.45) is 0 Å². The lowest BCUT2D eigenvalue weighted by Crippen LogP contribution is -2.47. The van der Waals surface area contributed by atoms with Crippen LogP contribution in [0.1, 0.15) is 55.0 Å². The van der Waals surface area contributed by atoms with Gasteiger partial charge in [0.05, 0.1) is 0 Å². The standard InChI is InChI=1S/C26H30FN5O4S/c1-18-7-10-25(19-5-3-2-4-6-19)37(35,36)32(18)15-20-8-9-22(13-23(20)27)31-12-11-21(14-24(31)26(33)34)30-16-28-29-17-30/h2-6,8-9,13,16-18,21,24-25H,7,10-12,14-15H2,1H3,(H,33,34)/t18-,21+,24+,25+/m0/s1. The SMILES string of the molecule is C[C@H]1CC[C@H](c2ccccc2)S(=O)(=O)N1Cc1ccc(N2CC[C@@H](n3cnnc3)C[C@@H]2C(=O)O)cc1F. The van der Waals surface area contributed by atoms with E-state index in [0.29, 0.717) is 37.9 Å². The maximum absolute atomic E-state index is 15.4. The zero-order valence-corrected chi connectivity index (χ0v) is 21.3. The molecular weight excluding hydrogens is 497 g/mol. The fraction of sp³-hybridized carbons (Fsp3) is 0.423. The van der Waals surface area contributed by atoms with E-state index in [1.807, 2.05) is 37.3 Å². The average molecular weight is 528 g/mol. The molecule has 3 heterocycles. The van der Waals surface area contributed by atoms with E-state index in [1.54, 1.807) is 34.3 Å². The Labute approximate surface area is 215 Å². The first-order chi connectivity index (χ1) is 17.8. The minimum Gasteiger partial charge on any atom is -0.480 e. The molecule has 196 valence electrons. The summed E-state index contributed by atoms with van der Waals surface area (Å²) in [7, 11) is -3.69. The van der Waals surface area contributed by atoms with E-state index in [-0.39, 0.29) is 24.2 Å². The van der Waals surface area contributed by atoms with Crippen LogP contribution >= 0.6 is 0 Å². The van der Waals surface area contributed by atoms with Crippen LogP contribution in [-0.2, 0) is 21.4 Å². The number of carboxylic acids is 1. The van der Waals surface area contributed by atoms with Crippen LogP contribution in [-0.4, -0.2) is 57.2 Å². The van der Waals surface area contributed by atoms with Gasteiger partial charge in [-0.15, -0.1) is 10.2 Å². The number of hydrogen-bond donors (Lipinski definition) is 1. The van der Waals surface area contributed by atoms with E-state index in [4.69, 9.17) is 0 Å². The molecule has 0 bridgehead atoms. The Morgan fingerprint density at radius 1 is 1.08 bits per heavy atom. The van der Waals surface area contributed by atoms with Gasteiger partial charge in [-0.3, -0.25) is 0 Å². The van der Waals surface area contributed by atoms with Gasteiger partial charge in [0.25, 0.3) is 0 Å². The maximum Gasteiger partial charge on any atom is 0.326 e. The number of benzene rings is 2. The van der Waals surface area contributed by atoms with Crippen LogP contribution in [0.15, 0.2) is 61.2 Å². The summed E-state index contributed by atoms with van der Waals surface area (Å²) in [6.45, 7) is 2.20. The van der Waals surface area contributed by atoms with Crippen LogP contribution in [0.25, 0.3) is 0 Å². The molecule has 1 aromatic heterocycles. The number of piperidine rings is 1. The highest BCUT2D eigenvalue weighted by molar-refractivity contribution is 7.89. The van der Waals surface area contributed by atoms with Crippen LogP contribution < -0.4 is 4.90 Å². The highest BCUT2D eigenvalue weighted by atomic mass is 32.2. The lowest BCUT2D eigenvalue weighted by molar-refractivity contribution is -0.139. The molecule has 37 heavy (non-hydrogen) atoms. The average Bonchev–Trinajstić information content (AvgIpc) is 3.42. The molecule has 2 aliphatic rings. The number of rotatable bonds is 6. The number of anilines is 1. The minimum atomic E-state index is -3.69. The van der Waals surface area contributed by atoms with Crippen molar-refractivity contribution in [2.75, 3.05) is 11.4 Å². The first-order valence-corrected chi connectivity index (χ1v) is 13.9. The van der Waals surface area contributed by atoms with Gasteiger partial charge in [-0.05, 0) is 50.3 Å². The Morgan fingerprint density at radius 2 is 1.81 bits per heavy atom. The summed E-state index contributed by atoms with van der Waals surface area (Å²) in [5.74, 6) is -1.53. The van der Waals surface area contributed by atoms with Crippen molar-refractivity contribution in [3.63, 3.8) is 0 Å². The molecule has 1 N–H and O–H groups in total. The Hall–Kier alpha value is -3.31. The Bertz CT molecular complexity index is 1350. The lowest BCUT2D eigenvalue weighted by atomic mass is 9.96. The number of aromatic nitrogens is 3. The van der Waals surface area contributed by atoms with E-state index < -0.39 is 33.1 Å². The molecule has 4 atom stereocenters. The zero-order chi connectivity index (χ0) is 26.2. The third kappa shape index (κ3) is 4.97. The first-order valence-electron chi connectivity index (χ1n) is 12.4. The van der Waals surface area contributed by atoms with Crippen LogP contribution in [0, 0.1) is 5.82 Å². The monoisotopic (exact) mass is 527 g/mol. The number of hydrogen-bond acceptors (Lipinski definition) is 6. The molecule has 9 nitrogen and oxygen atoms in total. The van der Waals surface area contributed by atoms with Crippen molar-refractivity contribution < 1.29 is 22.7 Å². The van der Waals surface area contributed by atoms with Gasteiger partial charge in [0, 0.05) is 36.4 Å². The molecule has 0 amide bonds. The Kier molecular flexibility index (Phi) is 7.00. The molecule has 0 spiro atoms. The van der Waals surface area contributed by atoms with Crippen molar-refractivity contribution >= 4 is 21.7 Å². The summed E-state index contributed by atoms with van der Waals surface area (Å²) in [6, 6.07) is 12.6. The number of nitrogens with zero attached hydrogens (tertiary/aromatic N) is 5. The molecular formula is C26H30FN5O4S. The predicted octanol–water partition coefficient (Wildman–Crippen LogP) is 3.77. The number of carbonyl (C=O) groups is 1. The molecule has 11 heteroatoms. The number of carboxylic acid groups (broad SMARTS) is 1. The molecule has 2 saturated heterocycles. The van der Waals surface area contributed by atoms with E-state index in [1.165, 1.54) is 10.4 Å². The van der Waals surface area contributed by atoms with Gasteiger partial charge in [0.1, 0.15) is 29.8 Å². The second kappa shape index (κ2) is 10.2. The van der Waals surface area contributed by atoms with Crippen LogP contribution in [0.3, 0.4) is 0 Å². The number of sulfonamides is 1. The van der Waals surface area contributed by atoms with E-state index in [2.05, 4.69) is 10.2 Å². The summed E-state index contributed by atoms with van der Waals surface area (Å²) < 4.78 is 45.6. The third-order valence-corrected chi connectivity index (χ3v) is 9.98. The molecule has 2 fully saturated rings. The van der Waals surface area contributed by atoms with Gasteiger partial charge < -0.3 is 14.6 Å². The third-order valence-electron chi connectivity index (χ3n) is 7.61. The predicted molar refractivity (Wildman–Crippen MR) is 136 cm³/mol. The summed E-state index contributed by atoms with van der Waals surface area (Å²) in [4.78, 5) is 13.8. The van der Waals surface area contributed by atoms with Crippen molar-refractivity contribution in [3.8, 4) is 0 Å². The van der Waals surface area contributed by atoms with E-state index >= 15 is 4.39 Å². The normalized spacial score (nSPS) is 26.2. The van der Waals surface area contributed by atoms with Gasteiger partial charge >= 0.3 is 5.97 Å². The van der Waals surface area contributed by atoms with Gasteiger partial charge in [0.2, 0.25) is 10.0 Å². The molecule has 0 aliphatic carbocycles. The van der Waals surface area contributed by atoms with E-state index in [9.17, 15) is 18.3 Å². The largest absolute Gasteiger partial charge is 0.480 e. The Balaban J connectivity index is 1.36. The molecule has 0 unspecified atom stereocenters. The number of aliphatic carboxylic acids is 1. The topological polar surface area (TPSA) is 109 Å².